The Hall–Kier alpha value is -1.35. The third kappa shape index (κ3) is 2.59. The predicted octanol–water partition coefficient (Wildman–Crippen LogP) is 3.65. The van der Waals surface area contributed by atoms with Crippen molar-refractivity contribution in [2.24, 2.45) is 0 Å². The Kier molecular flexibility index (Phi) is 4.29. The van der Waals surface area contributed by atoms with Crippen LogP contribution in [0.5, 0.6) is 0 Å². The lowest BCUT2D eigenvalue weighted by molar-refractivity contribution is -0.157. The molecular formula is C18H25NO2. The third-order valence-corrected chi connectivity index (χ3v) is 5.37. The lowest BCUT2D eigenvalue weighted by Crippen LogP contribution is -2.61. The van der Waals surface area contributed by atoms with Gasteiger partial charge in [0.1, 0.15) is 5.54 Å². The maximum Gasteiger partial charge on any atom is 0.324 e. The Labute approximate surface area is 127 Å². The number of likely N-dealkylation sites (tertiary alicyclic amines) is 1. The first kappa shape index (κ1) is 14.6. The molecule has 2 atom stereocenters. The molecule has 3 heteroatoms. The fourth-order valence-corrected chi connectivity index (χ4v) is 4.35. The number of carboxylic acids is 1. The van der Waals surface area contributed by atoms with Crippen LogP contribution in [0.4, 0.5) is 0 Å². The summed E-state index contributed by atoms with van der Waals surface area (Å²) in [5, 5.41) is 10.1. The van der Waals surface area contributed by atoms with Crippen molar-refractivity contribution < 1.29 is 9.90 Å². The second-order valence-corrected chi connectivity index (χ2v) is 6.49. The van der Waals surface area contributed by atoms with Gasteiger partial charge in [0.2, 0.25) is 0 Å². The van der Waals surface area contributed by atoms with E-state index in [1.54, 1.807) is 0 Å². The molecule has 1 aliphatic heterocycles. The first-order valence-corrected chi connectivity index (χ1v) is 8.28. The quantitative estimate of drug-likeness (QED) is 0.922. The molecule has 2 unspecified atom stereocenters. The van der Waals surface area contributed by atoms with Crippen LogP contribution in [0.2, 0.25) is 0 Å². The molecule has 1 aromatic rings. The van der Waals surface area contributed by atoms with E-state index in [4.69, 9.17) is 0 Å². The molecule has 3 rings (SSSR count). The molecule has 114 valence electrons. The summed E-state index contributed by atoms with van der Waals surface area (Å²) in [4.78, 5) is 14.6. The van der Waals surface area contributed by atoms with Gasteiger partial charge in [0.15, 0.2) is 0 Å². The minimum Gasteiger partial charge on any atom is -0.480 e. The van der Waals surface area contributed by atoms with Crippen molar-refractivity contribution in [3.8, 4) is 0 Å². The highest BCUT2D eigenvalue weighted by Gasteiger charge is 2.52. The van der Waals surface area contributed by atoms with Crippen molar-refractivity contribution >= 4 is 5.97 Å². The van der Waals surface area contributed by atoms with Crippen LogP contribution >= 0.6 is 0 Å². The van der Waals surface area contributed by atoms with Crippen LogP contribution in [0.1, 0.15) is 56.4 Å². The predicted molar refractivity (Wildman–Crippen MR) is 83.4 cm³/mol. The molecule has 1 aliphatic carbocycles. The lowest BCUT2D eigenvalue weighted by Gasteiger charge is -2.50. The largest absolute Gasteiger partial charge is 0.480 e. The summed E-state index contributed by atoms with van der Waals surface area (Å²) in [5.74, 6) is -0.485. The van der Waals surface area contributed by atoms with Gasteiger partial charge in [-0.3, -0.25) is 9.69 Å². The number of carboxylic acid groups (broad SMARTS) is 1. The van der Waals surface area contributed by atoms with Gasteiger partial charge in [0.05, 0.1) is 0 Å². The number of rotatable bonds is 3. The molecule has 1 saturated heterocycles. The van der Waals surface area contributed by atoms with Crippen molar-refractivity contribution in [3.05, 3.63) is 35.9 Å². The Balaban J connectivity index is 2.00. The monoisotopic (exact) mass is 287 g/mol. The summed E-state index contributed by atoms with van der Waals surface area (Å²) >= 11 is 0. The van der Waals surface area contributed by atoms with Crippen LogP contribution in [0, 0.1) is 0 Å². The summed E-state index contributed by atoms with van der Waals surface area (Å²) < 4.78 is 0. The van der Waals surface area contributed by atoms with Gasteiger partial charge in [0, 0.05) is 5.92 Å². The second-order valence-electron chi connectivity index (χ2n) is 6.49. The Bertz CT molecular complexity index is 481. The zero-order chi connectivity index (χ0) is 14.7. The minimum absolute atomic E-state index is 0.128. The maximum atomic E-state index is 12.3. The number of benzene rings is 1. The molecule has 1 saturated carbocycles. The Morgan fingerprint density at radius 2 is 1.76 bits per heavy atom. The zero-order valence-electron chi connectivity index (χ0n) is 12.6. The highest BCUT2D eigenvalue weighted by molar-refractivity contribution is 5.80. The third-order valence-electron chi connectivity index (χ3n) is 5.37. The maximum absolute atomic E-state index is 12.3. The zero-order valence-corrected chi connectivity index (χ0v) is 12.6. The van der Waals surface area contributed by atoms with Crippen LogP contribution in [-0.4, -0.2) is 34.6 Å². The van der Waals surface area contributed by atoms with Crippen LogP contribution < -0.4 is 0 Å². The molecule has 0 aromatic heterocycles. The molecule has 0 radical (unpaired) electrons. The number of aliphatic carboxylic acids is 1. The van der Waals surface area contributed by atoms with E-state index in [2.05, 4.69) is 17.0 Å². The Morgan fingerprint density at radius 1 is 1.05 bits per heavy atom. The summed E-state index contributed by atoms with van der Waals surface area (Å²) in [6.07, 6.45) is 7.47. The van der Waals surface area contributed by atoms with Gasteiger partial charge in [0.25, 0.3) is 0 Å². The fourth-order valence-electron chi connectivity index (χ4n) is 4.35. The molecular weight excluding hydrogens is 262 g/mol. The molecule has 2 aliphatic rings. The first-order valence-electron chi connectivity index (χ1n) is 8.28. The van der Waals surface area contributed by atoms with E-state index < -0.39 is 11.5 Å². The average Bonchev–Trinajstić information content (AvgIpc) is 2.56. The molecule has 2 fully saturated rings. The molecule has 0 spiro atoms. The minimum atomic E-state index is -0.681. The van der Waals surface area contributed by atoms with Gasteiger partial charge in [-0.1, -0.05) is 49.6 Å². The van der Waals surface area contributed by atoms with Crippen LogP contribution in [0.3, 0.4) is 0 Å². The van der Waals surface area contributed by atoms with Crippen LogP contribution in [0.25, 0.3) is 0 Å². The molecule has 0 bridgehead atoms. The van der Waals surface area contributed by atoms with E-state index in [9.17, 15) is 9.90 Å². The molecule has 21 heavy (non-hydrogen) atoms. The smallest absolute Gasteiger partial charge is 0.324 e. The van der Waals surface area contributed by atoms with E-state index >= 15 is 0 Å². The number of piperidine rings is 1. The van der Waals surface area contributed by atoms with Crippen LogP contribution in [0.15, 0.2) is 30.3 Å². The van der Waals surface area contributed by atoms with E-state index in [1.807, 2.05) is 18.2 Å². The normalized spacial score (nSPS) is 31.0. The Morgan fingerprint density at radius 3 is 2.43 bits per heavy atom. The van der Waals surface area contributed by atoms with Gasteiger partial charge in [-0.15, -0.1) is 0 Å². The van der Waals surface area contributed by atoms with Crippen molar-refractivity contribution in [2.45, 2.75) is 56.4 Å². The van der Waals surface area contributed by atoms with Crippen LogP contribution in [-0.2, 0) is 4.79 Å². The number of nitrogens with zero attached hydrogens (tertiary/aromatic N) is 1. The van der Waals surface area contributed by atoms with Gasteiger partial charge < -0.3 is 5.11 Å². The molecule has 3 nitrogen and oxygen atoms in total. The lowest BCUT2D eigenvalue weighted by atomic mass is 9.68. The standard InChI is InChI=1S/C18H25NO2/c20-17(21)18(19-13-7-2-8-14-19)12-6-5-11-16(18)15-9-3-1-4-10-15/h1,3-4,9-10,16H,2,5-8,11-14H2,(H,20,21). The van der Waals surface area contributed by atoms with Crippen molar-refractivity contribution in [1.82, 2.24) is 4.90 Å². The van der Waals surface area contributed by atoms with Gasteiger partial charge >= 0.3 is 5.97 Å². The van der Waals surface area contributed by atoms with E-state index in [0.717, 1.165) is 51.6 Å². The molecule has 1 aromatic carbocycles. The van der Waals surface area contributed by atoms with Gasteiger partial charge in [-0.25, -0.2) is 0 Å². The summed E-state index contributed by atoms with van der Waals surface area (Å²) in [6.45, 7) is 1.88. The first-order chi connectivity index (χ1) is 10.2. The van der Waals surface area contributed by atoms with Crippen molar-refractivity contribution in [1.29, 1.82) is 0 Å². The second kappa shape index (κ2) is 6.18. The molecule has 1 heterocycles. The van der Waals surface area contributed by atoms with E-state index in [-0.39, 0.29) is 5.92 Å². The SMILES string of the molecule is O=C(O)C1(N2CCCCC2)CCCCC1c1ccccc1. The number of carbonyl (C=O) groups is 1. The van der Waals surface area contributed by atoms with Crippen molar-refractivity contribution in [2.75, 3.05) is 13.1 Å². The molecule has 1 N–H and O–H groups in total. The molecule has 0 amide bonds. The highest BCUT2D eigenvalue weighted by Crippen LogP contribution is 2.45. The number of hydrogen-bond acceptors (Lipinski definition) is 2. The van der Waals surface area contributed by atoms with Gasteiger partial charge in [-0.2, -0.15) is 0 Å². The fraction of sp³-hybridized carbons (Fsp3) is 0.611. The number of hydrogen-bond donors (Lipinski definition) is 1. The summed E-state index contributed by atoms with van der Waals surface area (Å²) in [7, 11) is 0. The highest BCUT2D eigenvalue weighted by atomic mass is 16.4. The van der Waals surface area contributed by atoms with Crippen molar-refractivity contribution in [3.63, 3.8) is 0 Å². The summed E-state index contributed by atoms with van der Waals surface area (Å²) in [6, 6.07) is 10.3. The average molecular weight is 287 g/mol. The van der Waals surface area contributed by atoms with E-state index in [0.29, 0.717) is 0 Å². The topological polar surface area (TPSA) is 40.5 Å². The van der Waals surface area contributed by atoms with Gasteiger partial charge in [-0.05, 0) is 44.3 Å². The van der Waals surface area contributed by atoms with E-state index in [1.165, 1.54) is 12.0 Å². The summed E-state index contributed by atoms with van der Waals surface area (Å²) in [5.41, 5.74) is 0.519.